The summed E-state index contributed by atoms with van der Waals surface area (Å²) in [4.78, 5) is 0. The van der Waals surface area contributed by atoms with Crippen molar-refractivity contribution in [2.24, 2.45) is 5.84 Å². The Kier molecular flexibility index (Phi) is 3.83. The van der Waals surface area contributed by atoms with Crippen molar-refractivity contribution in [1.82, 2.24) is 0 Å². The van der Waals surface area contributed by atoms with Crippen molar-refractivity contribution in [2.45, 2.75) is 6.42 Å². The Balaban J connectivity index is 2.65. The van der Waals surface area contributed by atoms with Gasteiger partial charge in [0.2, 0.25) is 0 Å². The van der Waals surface area contributed by atoms with Crippen LogP contribution in [0.2, 0.25) is 0 Å². The molecular formula is C10H12N2O. The largest absolute Gasteiger partial charge is 0.395 e. The van der Waals surface area contributed by atoms with Gasteiger partial charge in [-0.2, -0.15) is 0 Å². The average molecular weight is 176 g/mol. The van der Waals surface area contributed by atoms with E-state index in [4.69, 9.17) is 10.9 Å². The lowest BCUT2D eigenvalue weighted by molar-refractivity contribution is 0.305. The summed E-state index contributed by atoms with van der Waals surface area (Å²) in [6.45, 7) is 0.107. The van der Waals surface area contributed by atoms with E-state index in [2.05, 4.69) is 17.3 Å². The first-order chi connectivity index (χ1) is 6.36. The van der Waals surface area contributed by atoms with Crippen molar-refractivity contribution in [3.8, 4) is 11.8 Å². The molecule has 0 saturated heterocycles. The predicted octanol–water partition coefficient (Wildman–Crippen LogP) is 0.706. The lowest BCUT2D eigenvalue weighted by atomic mass is 10.2. The zero-order valence-electron chi connectivity index (χ0n) is 7.25. The van der Waals surface area contributed by atoms with Gasteiger partial charge in [0.05, 0.1) is 6.61 Å². The van der Waals surface area contributed by atoms with Crippen molar-refractivity contribution < 1.29 is 5.11 Å². The van der Waals surface area contributed by atoms with E-state index >= 15 is 0 Å². The second-order valence-electron chi connectivity index (χ2n) is 2.50. The van der Waals surface area contributed by atoms with Crippen molar-refractivity contribution in [1.29, 1.82) is 0 Å². The SMILES string of the molecule is NNc1ccc(C#CCCO)cc1. The molecule has 0 bridgehead atoms. The van der Waals surface area contributed by atoms with Crippen LogP contribution in [0.5, 0.6) is 0 Å². The van der Waals surface area contributed by atoms with Crippen molar-refractivity contribution in [2.75, 3.05) is 12.0 Å². The maximum atomic E-state index is 8.50. The van der Waals surface area contributed by atoms with Gasteiger partial charge in [-0.25, -0.2) is 0 Å². The molecule has 0 fully saturated rings. The van der Waals surface area contributed by atoms with Gasteiger partial charge in [0.15, 0.2) is 0 Å². The average Bonchev–Trinajstić information content (AvgIpc) is 2.19. The van der Waals surface area contributed by atoms with Crippen molar-refractivity contribution >= 4 is 5.69 Å². The molecule has 0 unspecified atom stereocenters. The Morgan fingerprint density at radius 3 is 2.54 bits per heavy atom. The smallest absolute Gasteiger partial charge is 0.0540 e. The molecule has 1 aromatic rings. The van der Waals surface area contributed by atoms with Crippen LogP contribution in [0.3, 0.4) is 0 Å². The van der Waals surface area contributed by atoms with Crippen molar-refractivity contribution in [3.05, 3.63) is 29.8 Å². The van der Waals surface area contributed by atoms with Gasteiger partial charge in [0, 0.05) is 17.7 Å². The van der Waals surface area contributed by atoms with Crippen LogP contribution in [0.25, 0.3) is 0 Å². The van der Waals surface area contributed by atoms with Gasteiger partial charge in [0.1, 0.15) is 0 Å². The van der Waals surface area contributed by atoms with E-state index in [0.29, 0.717) is 6.42 Å². The van der Waals surface area contributed by atoms with E-state index in [9.17, 15) is 0 Å². The number of rotatable bonds is 2. The summed E-state index contributed by atoms with van der Waals surface area (Å²) in [5.74, 6) is 11.0. The quantitative estimate of drug-likeness (QED) is 0.353. The lowest BCUT2D eigenvalue weighted by Gasteiger charge is -1.97. The van der Waals surface area contributed by atoms with Gasteiger partial charge >= 0.3 is 0 Å². The van der Waals surface area contributed by atoms with Gasteiger partial charge in [-0.05, 0) is 24.3 Å². The number of anilines is 1. The summed E-state index contributed by atoms with van der Waals surface area (Å²) in [7, 11) is 0. The molecule has 0 radical (unpaired) electrons. The van der Waals surface area contributed by atoms with Gasteiger partial charge < -0.3 is 10.5 Å². The standard InChI is InChI=1S/C10H12N2O/c11-12-10-6-4-9(5-7-10)3-1-2-8-13/h4-7,12-13H,2,8,11H2. The van der Waals surface area contributed by atoms with E-state index in [1.54, 1.807) is 0 Å². The first-order valence-corrected chi connectivity index (χ1v) is 4.03. The molecule has 0 aliphatic heterocycles. The summed E-state index contributed by atoms with van der Waals surface area (Å²) in [6, 6.07) is 7.45. The van der Waals surface area contributed by atoms with Gasteiger partial charge in [-0.1, -0.05) is 11.8 Å². The molecule has 0 spiro atoms. The third-order valence-corrected chi connectivity index (χ3v) is 1.52. The number of nitrogens with one attached hydrogen (secondary N) is 1. The number of nitrogen functional groups attached to an aromatic ring is 1. The zero-order valence-corrected chi connectivity index (χ0v) is 7.25. The number of aliphatic hydroxyl groups excluding tert-OH is 1. The molecule has 0 aliphatic rings. The van der Waals surface area contributed by atoms with E-state index in [1.165, 1.54) is 0 Å². The topological polar surface area (TPSA) is 58.3 Å². The van der Waals surface area contributed by atoms with Crippen LogP contribution in [0, 0.1) is 11.8 Å². The monoisotopic (exact) mass is 176 g/mol. The van der Waals surface area contributed by atoms with Crippen molar-refractivity contribution in [3.63, 3.8) is 0 Å². The molecular weight excluding hydrogens is 164 g/mol. The summed E-state index contributed by atoms with van der Waals surface area (Å²) in [5, 5.41) is 8.50. The molecule has 4 N–H and O–H groups in total. The van der Waals surface area contributed by atoms with E-state index in [-0.39, 0.29) is 6.61 Å². The molecule has 13 heavy (non-hydrogen) atoms. The van der Waals surface area contributed by atoms with Crippen LogP contribution in [-0.2, 0) is 0 Å². The molecule has 3 heteroatoms. The summed E-state index contributed by atoms with van der Waals surface area (Å²) in [5.41, 5.74) is 4.31. The second-order valence-corrected chi connectivity index (χ2v) is 2.50. The fraction of sp³-hybridized carbons (Fsp3) is 0.200. The first kappa shape index (κ1) is 9.59. The molecule has 0 heterocycles. The highest BCUT2D eigenvalue weighted by Gasteiger charge is 1.87. The van der Waals surface area contributed by atoms with Gasteiger partial charge in [-0.3, -0.25) is 5.84 Å². The van der Waals surface area contributed by atoms with E-state index < -0.39 is 0 Å². The number of aliphatic hydroxyl groups is 1. The molecule has 0 atom stereocenters. The Morgan fingerprint density at radius 2 is 2.00 bits per heavy atom. The molecule has 0 aromatic heterocycles. The fourth-order valence-electron chi connectivity index (χ4n) is 0.870. The number of benzene rings is 1. The van der Waals surface area contributed by atoms with E-state index in [1.807, 2.05) is 24.3 Å². The zero-order chi connectivity index (χ0) is 9.52. The van der Waals surface area contributed by atoms with Crippen LogP contribution >= 0.6 is 0 Å². The Bertz CT molecular complexity index is 308. The molecule has 68 valence electrons. The Morgan fingerprint density at radius 1 is 1.31 bits per heavy atom. The highest BCUT2D eigenvalue weighted by molar-refractivity contribution is 5.47. The number of hydrazine groups is 1. The molecule has 0 aliphatic carbocycles. The molecule has 0 saturated carbocycles. The van der Waals surface area contributed by atoms with Crippen LogP contribution in [-0.4, -0.2) is 11.7 Å². The first-order valence-electron chi connectivity index (χ1n) is 4.03. The number of hydrogen-bond acceptors (Lipinski definition) is 3. The maximum absolute atomic E-state index is 8.50. The summed E-state index contributed by atoms with van der Waals surface area (Å²) < 4.78 is 0. The number of hydrogen-bond donors (Lipinski definition) is 3. The third-order valence-electron chi connectivity index (χ3n) is 1.52. The minimum atomic E-state index is 0.107. The molecule has 1 rings (SSSR count). The Labute approximate surface area is 77.5 Å². The fourth-order valence-corrected chi connectivity index (χ4v) is 0.870. The lowest BCUT2D eigenvalue weighted by Crippen LogP contribution is -2.05. The highest BCUT2D eigenvalue weighted by Crippen LogP contribution is 2.06. The van der Waals surface area contributed by atoms with Gasteiger partial charge in [0.25, 0.3) is 0 Å². The molecule has 1 aromatic carbocycles. The van der Waals surface area contributed by atoms with Crippen LogP contribution in [0.15, 0.2) is 24.3 Å². The summed E-state index contributed by atoms with van der Waals surface area (Å²) >= 11 is 0. The molecule has 0 amide bonds. The highest BCUT2D eigenvalue weighted by atomic mass is 16.2. The summed E-state index contributed by atoms with van der Waals surface area (Å²) in [6.07, 6.45) is 0.511. The number of nitrogens with two attached hydrogens (primary N) is 1. The minimum Gasteiger partial charge on any atom is -0.395 e. The normalized spacial score (nSPS) is 8.77. The van der Waals surface area contributed by atoms with E-state index in [0.717, 1.165) is 11.3 Å². The minimum absolute atomic E-state index is 0.107. The molecule has 3 nitrogen and oxygen atoms in total. The van der Waals surface area contributed by atoms with Crippen LogP contribution < -0.4 is 11.3 Å². The van der Waals surface area contributed by atoms with Crippen LogP contribution in [0.1, 0.15) is 12.0 Å². The third kappa shape index (κ3) is 3.16. The second kappa shape index (κ2) is 5.20. The van der Waals surface area contributed by atoms with Gasteiger partial charge in [-0.15, -0.1) is 0 Å². The maximum Gasteiger partial charge on any atom is 0.0540 e. The Hall–Kier alpha value is -1.50. The van der Waals surface area contributed by atoms with Crippen LogP contribution in [0.4, 0.5) is 5.69 Å². The predicted molar refractivity (Wildman–Crippen MR) is 52.8 cm³/mol.